The van der Waals surface area contributed by atoms with Crippen molar-refractivity contribution in [2.45, 2.75) is 20.0 Å². The van der Waals surface area contributed by atoms with Crippen LogP contribution in [0.5, 0.6) is 0 Å². The molecule has 7 nitrogen and oxygen atoms in total. The number of aromatic nitrogens is 3. The van der Waals surface area contributed by atoms with Gasteiger partial charge in [0, 0.05) is 30.4 Å². The highest BCUT2D eigenvalue weighted by atomic mass is 35.5. The van der Waals surface area contributed by atoms with Gasteiger partial charge in [-0.3, -0.25) is 9.78 Å². The van der Waals surface area contributed by atoms with E-state index in [4.69, 9.17) is 11.6 Å². The molecule has 8 heteroatoms. The van der Waals surface area contributed by atoms with E-state index in [1.54, 1.807) is 6.20 Å². The van der Waals surface area contributed by atoms with Crippen LogP contribution in [0, 0.1) is 6.92 Å². The number of hydrogen-bond donors (Lipinski definition) is 3. The monoisotopic (exact) mass is 472 g/mol. The van der Waals surface area contributed by atoms with Crippen molar-refractivity contribution in [1.29, 1.82) is 0 Å². The number of nitrogens with zero attached hydrogens (tertiary/aromatic N) is 3. The fourth-order valence-electron chi connectivity index (χ4n) is 3.23. The van der Waals surface area contributed by atoms with Crippen LogP contribution in [-0.2, 0) is 17.9 Å². The molecule has 4 aromatic rings. The molecule has 2 aromatic carbocycles. The van der Waals surface area contributed by atoms with Gasteiger partial charge in [-0.15, -0.1) is 0 Å². The molecule has 0 radical (unpaired) electrons. The van der Waals surface area contributed by atoms with E-state index in [1.165, 1.54) is 5.56 Å². The first-order chi connectivity index (χ1) is 16.5. The van der Waals surface area contributed by atoms with Crippen molar-refractivity contribution in [2.75, 3.05) is 17.2 Å². The van der Waals surface area contributed by atoms with Crippen LogP contribution in [0.3, 0.4) is 0 Å². The SMILES string of the molecule is Cc1ccc(CNC(=O)CNc2nc(NCc3cccc(Cl)c3)cc(-c3ccccn3)n2)cc1. The van der Waals surface area contributed by atoms with Crippen LogP contribution in [0.15, 0.2) is 79.0 Å². The highest BCUT2D eigenvalue weighted by molar-refractivity contribution is 6.30. The van der Waals surface area contributed by atoms with Gasteiger partial charge in [-0.25, -0.2) is 4.98 Å². The molecule has 4 rings (SSSR count). The molecule has 0 bridgehead atoms. The number of rotatable bonds is 9. The van der Waals surface area contributed by atoms with Crippen molar-refractivity contribution in [1.82, 2.24) is 20.3 Å². The van der Waals surface area contributed by atoms with E-state index >= 15 is 0 Å². The average Bonchev–Trinajstić information content (AvgIpc) is 2.86. The lowest BCUT2D eigenvalue weighted by molar-refractivity contribution is -0.119. The van der Waals surface area contributed by atoms with Crippen LogP contribution in [0.2, 0.25) is 5.02 Å². The van der Waals surface area contributed by atoms with Gasteiger partial charge in [0.2, 0.25) is 11.9 Å². The van der Waals surface area contributed by atoms with E-state index in [0.29, 0.717) is 41.3 Å². The second kappa shape index (κ2) is 11.2. The molecule has 3 N–H and O–H groups in total. The van der Waals surface area contributed by atoms with E-state index in [1.807, 2.05) is 79.7 Å². The largest absolute Gasteiger partial charge is 0.366 e. The van der Waals surface area contributed by atoms with Gasteiger partial charge < -0.3 is 16.0 Å². The number of benzene rings is 2. The number of pyridine rings is 1. The summed E-state index contributed by atoms with van der Waals surface area (Å²) in [4.78, 5) is 25.8. The highest BCUT2D eigenvalue weighted by Gasteiger charge is 2.10. The van der Waals surface area contributed by atoms with Gasteiger partial charge >= 0.3 is 0 Å². The Morgan fingerprint density at radius 1 is 0.853 bits per heavy atom. The van der Waals surface area contributed by atoms with Crippen molar-refractivity contribution < 1.29 is 4.79 Å². The summed E-state index contributed by atoms with van der Waals surface area (Å²) in [5.74, 6) is 0.793. The van der Waals surface area contributed by atoms with Crippen molar-refractivity contribution in [3.8, 4) is 11.4 Å². The lowest BCUT2D eigenvalue weighted by Gasteiger charge is -2.12. The number of halogens is 1. The number of aryl methyl sites for hydroxylation is 1. The van der Waals surface area contributed by atoms with Gasteiger partial charge in [0.15, 0.2) is 0 Å². The number of carbonyl (C=O) groups is 1. The molecule has 0 fully saturated rings. The van der Waals surface area contributed by atoms with Crippen molar-refractivity contribution in [2.24, 2.45) is 0 Å². The highest BCUT2D eigenvalue weighted by Crippen LogP contribution is 2.20. The number of amides is 1. The predicted molar refractivity (Wildman–Crippen MR) is 136 cm³/mol. The number of anilines is 2. The molecule has 34 heavy (non-hydrogen) atoms. The summed E-state index contributed by atoms with van der Waals surface area (Å²) in [6.07, 6.45) is 1.71. The third-order valence-electron chi connectivity index (χ3n) is 5.03. The molecule has 0 saturated heterocycles. The van der Waals surface area contributed by atoms with Crippen LogP contribution in [0.4, 0.5) is 11.8 Å². The van der Waals surface area contributed by atoms with Crippen LogP contribution in [0.25, 0.3) is 11.4 Å². The minimum absolute atomic E-state index is 0.0469. The maximum atomic E-state index is 12.4. The average molecular weight is 473 g/mol. The zero-order chi connectivity index (χ0) is 23.8. The topological polar surface area (TPSA) is 91.8 Å². The quantitative estimate of drug-likeness (QED) is 0.323. The summed E-state index contributed by atoms with van der Waals surface area (Å²) >= 11 is 6.09. The summed E-state index contributed by atoms with van der Waals surface area (Å²) in [5.41, 5.74) is 4.60. The zero-order valence-electron chi connectivity index (χ0n) is 18.8. The second-order valence-corrected chi connectivity index (χ2v) is 8.21. The molecule has 172 valence electrons. The van der Waals surface area contributed by atoms with Gasteiger partial charge in [-0.1, -0.05) is 59.6 Å². The van der Waals surface area contributed by atoms with Crippen LogP contribution in [0.1, 0.15) is 16.7 Å². The molecule has 2 aromatic heterocycles. The normalized spacial score (nSPS) is 10.5. The summed E-state index contributed by atoms with van der Waals surface area (Å²) in [5, 5.41) is 9.90. The van der Waals surface area contributed by atoms with Crippen LogP contribution < -0.4 is 16.0 Å². The summed E-state index contributed by atoms with van der Waals surface area (Å²) in [7, 11) is 0. The standard InChI is InChI=1S/C26H25ClN6O/c1-18-8-10-19(11-9-18)15-30-25(34)17-31-26-32-23(22-7-2-3-12-28-22)14-24(33-26)29-16-20-5-4-6-21(27)13-20/h2-14H,15-17H2,1H3,(H,30,34)(H2,29,31,32,33). The minimum Gasteiger partial charge on any atom is -0.366 e. The molecule has 0 saturated carbocycles. The molecule has 1 amide bonds. The second-order valence-electron chi connectivity index (χ2n) is 7.78. The van der Waals surface area contributed by atoms with Gasteiger partial charge in [0.1, 0.15) is 5.82 Å². The fourth-order valence-corrected chi connectivity index (χ4v) is 3.44. The molecule has 0 unspecified atom stereocenters. The lowest BCUT2D eigenvalue weighted by atomic mass is 10.1. The molecular formula is C26H25ClN6O. The molecule has 0 spiro atoms. The predicted octanol–water partition coefficient (Wildman–Crippen LogP) is 4.84. The Bertz CT molecular complexity index is 1250. The minimum atomic E-state index is -0.152. The maximum absolute atomic E-state index is 12.4. The fraction of sp³-hybridized carbons (Fsp3) is 0.154. The van der Waals surface area contributed by atoms with Crippen LogP contribution >= 0.6 is 11.6 Å². The first-order valence-corrected chi connectivity index (χ1v) is 11.3. The lowest BCUT2D eigenvalue weighted by Crippen LogP contribution is -2.29. The van der Waals surface area contributed by atoms with E-state index in [0.717, 1.165) is 11.1 Å². The molecule has 0 atom stereocenters. The van der Waals surface area contributed by atoms with E-state index in [-0.39, 0.29) is 12.5 Å². The van der Waals surface area contributed by atoms with Crippen molar-refractivity contribution >= 4 is 29.3 Å². The third kappa shape index (κ3) is 6.76. The van der Waals surface area contributed by atoms with Gasteiger partial charge in [0.25, 0.3) is 0 Å². The number of hydrogen-bond acceptors (Lipinski definition) is 6. The molecule has 0 aliphatic rings. The Morgan fingerprint density at radius 3 is 2.47 bits per heavy atom. The Balaban J connectivity index is 1.43. The summed E-state index contributed by atoms with van der Waals surface area (Å²) in [6, 6.07) is 23.1. The molecule has 0 aliphatic carbocycles. The molecule has 0 aliphatic heterocycles. The van der Waals surface area contributed by atoms with E-state index < -0.39 is 0 Å². The van der Waals surface area contributed by atoms with Gasteiger partial charge in [0.05, 0.1) is 17.9 Å². The Kier molecular flexibility index (Phi) is 7.67. The Morgan fingerprint density at radius 2 is 1.71 bits per heavy atom. The Labute approximate surface area is 203 Å². The molecule has 2 heterocycles. The van der Waals surface area contributed by atoms with E-state index in [9.17, 15) is 4.79 Å². The first kappa shape index (κ1) is 23.2. The maximum Gasteiger partial charge on any atom is 0.239 e. The summed E-state index contributed by atoms with van der Waals surface area (Å²) in [6.45, 7) is 3.08. The van der Waals surface area contributed by atoms with Gasteiger partial charge in [-0.2, -0.15) is 4.98 Å². The van der Waals surface area contributed by atoms with E-state index in [2.05, 4.69) is 30.9 Å². The van der Waals surface area contributed by atoms with Crippen molar-refractivity contribution in [3.63, 3.8) is 0 Å². The van der Waals surface area contributed by atoms with Crippen molar-refractivity contribution in [3.05, 3.63) is 101 Å². The number of carbonyl (C=O) groups excluding carboxylic acids is 1. The van der Waals surface area contributed by atoms with Gasteiger partial charge in [-0.05, 0) is 42.3 Å². The summed E-state index contributed by atoms with van der Waals surface area (Å²) < 4.78 is 0. The molecular weight excluding hydrogens is 448 g/mol. The smallest absolute Gasteiger partial charge is 0.239 e. The Hall–Kier alpha value is -3.97. The first-order valence-electron chi connectivity index (χ1n) is 10.9. The third-order valence-corrected chi connectivity index (χ3v) is 5.27. The number of nitrogens with one attached hydrogen (secondary N) is 3. The van der Waals surface area contributed by atoms with Crippen LogP contribution in [-0.4, -0.2) is 27.4 Å². The zero-order valence-corrected chi connectivity index (χ0v) is 19.5.